The zero-order valence-corrected chi connectivity index (χ0v) is 8.76. The van der Waals surface area contributed by atoms with Crippen molar-refractivity contribution in [3.63, 3.8) is 0 Å². The van der Waals surface area contributed by atoms with Gasteiger partial charge in [-0.1, -0.05) is 42.5 Å². The highest BCUT2D eigenvalue weighted by Gasteiger charge is 2.11. The van der Waals surface area contributed by atoms with Gasteiger partial charge < -0.3 is 9.47 Å². The van der Waals surface area contributed by atoms with Crippen LogP contribution >= 0.6 is 0 Å². The van der Waals surface area contributed by atoms with Crippen molar-refractivity contribution >= 4 is 6.08 Å². The van der Waals surface area contributed by atoms with E-state index in [4.69, 9.17) is 9.47 Å². The van der Waals surface area contributed by atoms with E-state index in [9.17, 15) is 0 Å². The molecule has 1 saturated heterocycles. The first-order valence-electron chi connectivity index (χ1n) is 5.36. The quantitative estimate of drug-likeness (QED) is 0.753. The summed E-state index contributed by atoms with van der Waals surface area (Å²) in [4.78, 5) is 0. The van der Waals surface area contributed by atoms with Gasteiger partial charge in [0.15, 0.2) is 0 Å². The minimum atomic E-state index is 0.235. The molecular formula is C13H16O2. The summed E-state index contributed by atoms with van der Waals surface area (Å²) in [5.41, 5.74) is 1.23. The third kappa shape index (κ3) is 3.50. The molecule has 2 heteroatoms. The molecule has 80 valence electrons. The fourth-order valence-electron chi connectivity index (χ4n) is 1.59. The van der Waals surface area contributed by atoms with Crippen molar-refractivity contribution in [3.05, 3.63) is 42.0 Å². The molecular weight excluding hydrogens is 188 g/mol. The molecule has 1 aromatic rings. The van der Waals surface area contributed by atoms with Crippen LogP contribution in [-0.4, -0.2) is 25.9 Å². The molecule has 1 aromatic carbocycles. The van der Waals surface area contributed by atoms with Crippen LogP contribution in [0, 0.1) is 0 Å². The van der Waals surface area contributed by atoms with Crippen LogP contribution in [0.15, 0.2) is 36.4 Å². The maximum absolute atomic E-state index is 5.54. The average Bonchev–Trinajstić information content (AvgIpc) is 2.32. The molecule has 1 atom stereocenters. The Morgan fingerprint density at radius 1 is 1.20 bits per heavy atom. The second-order valence-electron chi connectivity index (χ2n) is 3.62. The Kier molecular flexibility index (Phi) is 3.94. The van der Waals surface area contributed by atoms with Gasteiger partial charge in [0.2, 0.25) is 0 Å². The highest BCUT2D eigenvalue weighted by Crippen LogP contribution is 2.08. The summed E-state index contributed by atoms with van der Waals surface area (Å²) in [6.45, 7) is 2.18. The maximum atomic E-state index is 5.54. The molecule has 1 heterocycles. The molecule has 1 aliphatic heterocycles. The first kappa shape index (κ1) is 10.4. The monoisotopic (exact) mass is 204 g/mol. The zero-order chi connectivity index (χ0) is 10.3. The van der Waals surface area contributed by atoms with E-state index >= 15 is 0 Å². The van der Waals surface area contributed by atoms with E-state index in [1.165, 1.54) is 5.56 Å². The first-order chi connectivity index (χ1) is 7.45. The number of ether oxygens (including phenoxy) is 2. The van der Waals surface area contributed by atoms with Crippen molar-refractivity contribution in [2.45, 2.75) is 12.5 Å². The molecule has 0 bridgehead atoms. The van der Waals surface area contributed by atoms with Gasteiger partial charge in [-0.15, -0.1) is 0 Å². The first-order valence-corrected chi connectivity index (χ1v) is 5.36. The molecule has 15 heavy (non-hydrogen) atoms. The zero-order valence-electron chi connectivity index (χ0n) is 8.76. The number of hydrogen-bond acceptors (Lipinski definition) is 2. The predicted octanol–water partition coefficient (Wildman–Crippen LogP) is 2.51. The van der Waals surface area contributed by atoms with Crippen molar-refractivity contribution in [1.29, 1.82) is 0 Å². The predicted molar refractivity (Wildman–Crippen MR) is 60.7 cm³/mol. The molecule has 2 nitrogen and oxygen atoms in total. The summed E-state index contributed by atoms with van der Waals surface area (Å²) in [6, 6.07) is 10.3. The molecule has 2 rings (SSSR count). The lowest BCUT2D eigenvalue weighted by Gasteiger charge is -2.21. The Labute approximate surface area is 90.5 Å². The van der Waals surface area contributed by atoms with Crippen molar-refractivity contribution in [3.8, 4) is 0 Å². The minimum absolute atomic E-state index is 0.235. The highest BCUT2D eigenvalue weighted by atomic mass is 16.6. The Morgan fingerprint density at radius 3 is 2.80 bits per heavy atom. The molecule has 1 fully saturated rings. The fourth-order valence-corrected chi connectivity index (χ4v) is 1.59. The third-order valence-corrected chi connectivity index (χ3v) is 2.39. The summed E-state index contributed by atoms with van der Waals surface area (Å²) >= 11 is 0. The smallest absolute Gasteiger partial charge is 0.0844 e. The number of hydrogen-bond donors (Lipinski definition) is 0. The van der Waals surface area contributed by atoms with Gasteiger partial charge in [0.05, 0.1) is 25.9 Å². The van der Waals surface area contributed by atoms with Crippen LogP contribution in [0.1, 0.15) is 12.0 Å². The maximum Gasteiger partial charge on any atom is 0.0844 e. The van der Waals surface area contributed by atoms with Crippen LogP contribution in [0.4, 0.5) is 0 Å². The molecule has 0 aliphatic carbocycles. The molecule has 0 N–H and O–H groups in total. The normalized spacial score (nSPS) is 22.0. The van der Waals surface area contributed by atoms with E-state index in [0.29, 0.717) is 0 Å². The van der Waals surface area contributed by atoms with Crippen molar-refractivity contribution < 1.29 is 9.47 Å². The Morgan fingerprint density at radius 2 is 2.07 bits per heavy atom. The van der Waals surface area contributed by atoms with Gasteiger partial charge in [0.25, 0.3) is 0 Å². The van der Waals surface area contributed by atoms with Gasteiger partial charge >= 0.3 is 0 Å². The van der Waals surface area contributed by atoms with E-state index in [1.54, 1.807) is 0 Å². The standard InChI is InChI=1S/C13H16O2/c1-2-5-12(6-3-1)7-4-8-13-11-14-9-10-15-13/h1-7,13H,8-11H2. The minimum Gasteiger partial charge on any atom is -0.376 e. The summed E-state index contributed by atoms with van der Waals surface area (Å²) in [7, 11) is 0. The molecule has 0 aromatic heterocycles. The van der Waals surface area contributed by atoms with Crippen molar-refractivity contribution in [2.24, 2.45) is 0 Å². The fraction of sp³-hybridized carbons (Fsp3) is 0.385. The van der Waals surface area contributed by atoms with Crippen LogP contribution in [-0.2, 0) is 9.47 Å². The molecule has 0 amide bonds. The lowest BCUT2D eigenvalue weighted by Crippen LogP contribution is -2.27. The van der Waals surface area contributed by atoms with E-state index in [2.05, 4.69) is 24.3 Å². The van der Waals surface area contributed by atoms with Gasteiger partial charge in [0, 0.05) is 0 Å². The summed E-state index contributed by atoms with van der Waals surface area (Å²) < 4.78 is 10.9. The average molecular weight is 204 g/mol. The second-order valence-corrected chi connectivity index (χ2v) is 3.62. The Balaban J connectivity index is 1.79. The van der Waals surface area contributed by atoms with Crippen LogP contribution in [0.5, 0.6) is 0 Å². The van der Waals surface area contributed by atoms with Crippen LogP contribution in [0.3, 0.4) is 0 Å². The highest BCUT2D eigenvalue weighted by molar-refractivity contribution is 5.48. The third-order valence-electron chi connectivity index (χ3n) is 2.39. The van der Waals surface area contributed by atoms with E-state index in [-0.39, 0.29) is 6.10 Å². The van der Waals surface area contributed by atoms with Crippen molar-refractivity contribution in [2.75, 3.05) is 19.8 Å². The van der Waals surface area contributed by atoms with Gasteiger partial charge in [-0.05, 0) is 12.0 Å². The van der Waals surface area contributed by atoms with Gasteiger partial charge in [0.1, 0.15) is 0 Å². The SMILES string of the molecule is C(=Cc1ccccc1)CC1COCCO1. The number of benzene rings is 1. The molecule has 0 radical (unpaired) electrons. The van der Waals surface area contributed by atoms with Crippen LogP contribution in [0.2, 0.25) is 0 Å². The number of rotatable bonds is 3. The van der Waals surface area contributed by atoms with E-state index < -0.39 is 0 Å². The largest absolute Gasteiger partial charge is 0.376 e. The topological polar surface area (TPSA) is 18.5 Å². The molecule has 1 unspecified atom stereocenters. The molecule has 0 spiro atoms. The molecule has 0 saturated carbocycles. The summed E-state index contributed by atoms with van der Waals surface area (Å²) in [5, 5.41) is 0. The van der Waals surface area contributed by atoms with Gasteiger partial charge in [-0.2, -0.15) is 0 Å². The van der Waals surface area contributed by atoms with E-state index in [0.717, 1.165) is 26.2 Å². The van der Waals surface area contributed by atoms with Crippen LogP contribution in [0.25, 0.3) is 6.08 Å². The summed E-state index contributed by atoms with van der Waals surface area (Å²) in [6.07, 6.45) is 5.43. The van der Waals surface area contributed by atoms with Crippen LogP contribution < -0.4 is 0 Å². The molecule has 1 aliphatic rings. The lowest BCUT2D eigenvalue weighted by atomic mass is 10.1. The lowest BCUT2D eigenvalue weighted by molar-refractivity contribution is -0.0861. The van der Waals surface area contributed by atoms with Gasteiger partial charge in [-0.3, -0.25) is 0 Å². The van der Waals surface area contributed by atoms with E-state index in [1.807, 2.05) is 18.2 Å². The second kappa shape index (κ2) is 5.69. The Bertz CT molecular complexity index is 300. The Hall–Kier alpha value is -1.12. The summed E-state index contributed by atoms with van der Waals surface area (Å²) in [5.74, 6) is 0. The van der Waals surface area contributed by atoms with Gasteiger partial charge in [-0.25, -0.2) is 0 Å². The van der Waals surface area contributed by atoms with Crippen molar-refractivity contribution in [1.82, 2.24) is 0 Å².